The molecule has 0 unspecified atom stereocenters. The van der Waals surface area contributed by atoms with Crippen molar-refractivity contribution in [3.05, 3.63) is 81.2 Å². The van der Waals surface area contributed by atoms with Gasteiger partial charge in [-0.3, -0.25) is 10.1 Å². The van der Waals surface area contributed by atoms with Crippen molar-refractivity contribution in [1.29, 1.82) is 0 Å². The Morgan fingerprint density at radius 2 is 1.70 bits per heavy atom. The number of anilines is 3. The molecule has 1 aromatic heterocycles. The van der Waals surface area contributed by atoms with Crippen LogP contribution in [0, 0.1) is 30.9 Å². The Hall–Kier alpha value is -3.48. The molecule has 0 atom stereocenters. The number of hydrogen-bond acceptors (Lipinski definition) is 6. The molecule has 0 saturated heterocycles. The summed E-state index contributed by atoms with van der Waals surface area (Å²) in [6.45, 7) is 6.39. The summed E-state index contributed by atoms with van der Waals surface area (Å²) < 4.78 is 0. The molecule has 7 nitrogen and oxygen atoms in total. The van der Waals surface area contributed by atoms with Crippen molar-refractivity contribution in [2.45, 2.75) is 27.3 Å². The monoisotopic (exact) mass is 363 g/mol. The molecule has 0 aliphatic rings. The lowest BCUT2D eigenvalue weighted by atomic mass is 10.1. The minimum atomic E-state index is -0.467. The lowest BCUT2D eigenvalue weighted by Gasteiger charge is -2.12. The van der Waals surface area contributed by atoms with Crippen LogP contribution in [0.5, 0.6) is 0 Å². The third-order valence-corrected chi connectivity index (χ3v) is 4.44. The Balaban J connectivity index is 1.89. The molecule has 7 heteroatoms. The molecule has 1 heterocycles. The van der Waals surface area contributed by atoms with E-state index in [0.717, 1.165) is 27.9 Å². The number of nitro groups is 1. The first kappa shape index (κ1) is 18.3. The average molecular weight is 363 g/mol. The predicted octanol–water partition coefficient (Wildman–Crippen LogP) is 4.67. The maximum Gasteiger partial charge on any atom is 0.353 e. The van der Waals surface area contributed by atoms with Gasteiger partial charge in [-0.05, 0) is 43.5 Å². The van der Waals surface area contributed by atoms with Gasteiger partial charge in [-0.15, -0.1) is 0 Å². The molecular formula is C20H21N5O2. The van der Waals surface area contributed by atoms with E-state index in [1.165, 1.54) is 6.33 Å². The molecule has 0 aliphatic carbocycles. The fourth-order valence-corrected chi connectivity index (χ4v) is 2.68. The van der Waals surface area contributed by atoms with E-state index in [-0.39, 0.29) is 17.3 Å². The molecule has 0 amide bonds. The van der Waals surface area contributed by atoms with Crippen molar-refractivity contribution in [1.82, 2.24) is 9.97 Å². The van der Waals surface area contributed by atoms with Crippen molar-refractivity contribution >= 4 is 23.0 Å². The summed E-state index contributed by atoms with van der Waals surface area (Å²) in [5.74, 6) is 0.346. The molecule has 0 saturated carbocycles. The SMILES string of the molecule is Cc1ccc(CNc2ncnc(Nc3cccc(C)c3C)c2[N+](=O)[O-])cc1. The van der Waals surface area contributed by atoms with E-state index in [4.69, 9.17) is 0 Å². The van der Waals surface area contributed by atoms with E-state index in [9.17, 15) is 10.1 Å². The smallest absolute Gasteiger partial charge is 0.353 e. The van der Waals surface area contributed by atoms with Crippen molar-refractivity contribution in [2.75, 3.05) is 10.6 Å². The first-order valence-electron chi connectivity index (χ1n) is 8.57. The van der Waals surface area contributed by atoms with Crippen molar-refractivity contribution in [3.63, 3.8) is 0 Å². The largest absolute Gasteiger partial charge is 0.360 e. The number of nitrogens with one attached hydrogen (secondary N) is 2. The Labute approximate surface area is 157 Å². The zero-order chi connectivity index (χ0) is 19.4. The van der Waals surface area contributed by atoms with Crippen LogP contribution >= 0.6 is 0 Å². The normalized spacial score (nSPS) is 10.5. The van der Waals surface area contributed by atoms with Crippen LogP contribution in [0.4, 0.5) is 23.0 Å². The second-order valence-corrected chi connectivity index (χ2v) is 6.39. The zero-order valence-corrected chi connectivity index (χ0v) is 15.5. The van der Waals surface area contributed by atoms with E-state index in [0.29, 0.717) is 6.54 Å². The van der Waals surface area contributed by atoms with Crippen LogP contribution in [0.3, 0.4) is 0 Å². The summed E-state index contributed by atoms with van der Waals surface area (Å²) in [6, 6.07) is 13.7. The molecule has 3 aromatic rings. The van der Waals surface area contributed by atoms with E-state index in [2.05, 4.69) is 20.6 Å². The topological polar surface area (TPSA) is 93.0 Å². The summed E-state index contributed by atoms with van der Waals surface area (Å²) in [4.78, 5) is 19.4. The van der Waals surface area contributed by atoms with E-state index in [1.807, 2.05) is 63.2 Å². The molecule has 0 bridgehead atoms. The second-order valence-electron chi connectivity index (χ2n) is 6.39. The number of hydrogen-bond donors (Lipinski definition) is 2. The van der Waals surface area contributed by atoms with E-state index < -0.39 is 4.92 Å². The molecule has 138 valence electrons. The number of nitrogens with zero attached hydrogens (tertiary/aromatic N) is 3. The van der Waals surface area contributed by atoms with Crippen LogP contribution in [0.25, 0.3) is 0 Å². The summed E-state index contributed by atoms with van der Waals surface area (Å²) in [6.07, 6.45) is 1.32. The summed E-state index contributed by atoms with van der Waals surface area (Å²) >= 11 is 0. The Bertz CT molecular complexity index is 971. The van der Waals surface area contributed by atoms with Gasteiger partial charge in [0.25, 0.3) is 0 Å². The zero-order valence-electron chi connectivity index (χ0n) is 15.5. The van der Waals surface area contributed by atoms with E-state index in [1.54, 1.807) is 0 Å². The fraction of sp³-hybridized carbons (Fsp3) is 0.200. The van der Waals surface area contributed by atoms with Gasteiger partial charge < -0.3 is 10.6 Å². The highest BCUT2D eigenvalue weighted by Gasteiger charge is 2.23. The average Bonchev–Trinajstić information content (AvgIpc) is 2.65. The maximum atomic E-state index is 11.7. The molecule has 0 aliphatic heterocycles. The molecule has 2 N–H and O–H groups in total. The molecule has 0 fully saturated rings. The van der Waals surface area contributed by atoms with Gasteiger partial charge in [-0.25, -0.2) is 9.97 Å². The van der Waals surface area contributed by atoms with Crippen LogP contribution in [0.2, 0.25) is 0 Å². The van der Waals surface area contributed by atoms with Gasteiger partial charge in [0.1, 0.15) is 6.33 Å². The molecular weight excluding hydrogens is 342 g/mol. The molecule has 2 aromatic carbocycles. The Kier molecular flexibility index (Phi) is 5.30. The van der Waals surface area contributed by atoms with Crippen molar-refractivity contribution in [3.8, 4) is 0 Å². The highest BCUT2D eigenvalue weighted by molar-refractivity contribution is 5.75. The fourth-order valence-electron chi connectivity index (χ4n) is 2.68. The van der Waals surface area contributed by atoms with Gasteiger partial charge in [0.05, 0.1) is 4.92 Å². The highest BCUT2D eigenvalue weighted by Crippen LogP contribution is 2.32. The maximum absolute atomic E-state index is 11.7. The highest BCUT2D eigenvalue weighted by atomic mass is 16.6. The minimum absolute atomic E-state index is 0.162. The van der Waals surface area contributed by atoms with E-state index >= 15 is 0 Å². The van der Waals surface area contributed by atoms with Crippen LogP contribution in [0.1, 0.15) is 22.3 Å². The van der Waals surface area contributed by atoms with Gasteiger partial charge in [0, 0.05) is 12.2 Å². The summed E-state index contributed by atoms with van der Waals surface area (Å²) in [5.41, 5.74) is 4.88. The summed E-state index contributed by atoms with van der Waals surface area (Å²) in [5, 5.41) is 17.8. The van der Waals surface area contributed by atoms with Crippen LogP contribution < -0.4 is 10.6 Å². The van der Waals surface area contributed by atoms with Crippen LogP contribution in [0.15, 0.2) is 48.8 Å². The first-order chi connectivity index (χ1) is 13.0. The Morgan fingerprint density at radius 1 is 1.00 bits per heavy atom. The first-order valence-corrected chi connectivity index (χ1v) is 8.57. The molecule has 27 heavy (non-hydrogen) atoms. The minimum Gasteiger partial charge on any atom is -0.360 e. The predicted molar refractivity (Wildman–Crippen MR) is 106 cm³/mol. The Morgan fingerprint density at radius 3 is 2.41 bits per heavy atom. The van der Waals surface area contributed by atoms with Crippen LogP contribution in [-0.4, -0.2) is 14.9 Å². The van der Waals surface area contributed by atoms with Gasteiger partial charge in [-0.2, -0.15) is 0 Å². The third-order valence-electron chi connectivity index (χ3n) is 4.44. The van der Waals surface area contributed by atoms with Gasteiger partial charge in [0.15, 0.2) is 0 Å². The molecule has 0 spiro atoms. The number of aromatic nitrogens is 2. The molecule has 0 radical (unpaired) electrons. The quantitative estimate of drug-likeness (QED) is 0.488. The van der Waals surface area contributed by atoms with Gasteiger partial charge >= 0.3 is 5.69 Å². The second kappa shape index (κ2) is 7.82. The summed E-state index contributed by atoms with van der Waals surface area (Å²) in [7, 11) is 0. The number of benzene rings is 2. The van der Waals surface area contributed by atoms with Crippen LogP contribution in [-0.2, 0) is 6.54 Å². The standard InChI is InChI=1S/C20H21N5O2/c1-13-7-9-16(10-8-13)11-21-19-18(25(26)27)20(23-12-22-19)24-17-6-4-5-14(2)15(17)3/h4-10,12H,11H2,1-3H3,(H2,21,22,23,24). The van der Waals surface area contributed by atoms with Crippen molar-refractivity contribution < 1.29 is 4.92 Å². The third kappa shape index (κ3) is 4.20. The number of aryl methyl sites for hydroxylation is 2. The lowest BCUT2D eigenvalue weighted by Crippen LogP contribution is -2.08. The number of rotatable bonds is 6. The van der Waals surface area contributed by atoms with Gasteiger partial charge in [0.2, 0.25) is 11.6 Å². The van der Waals surface area contributed by atoms with Crippen molar-refractivity contribution in [2.24, 2.45) is 0 Å². The lowest BCUT2D eigenvalue weighted by molar-refractivity contribution is -0.383. The van der Waals surface area contributed by atoms with Gasteiger partial charge in [-0.1, -0.05) is 42.0 Å². The molecule has 3 rings (SSSR count).